The van der Waals surface area contributed by atoms with Crippen molar-refractivity contribution in [2.24, 2.45) is 5.10 Å². The van der Waals surface area contributed by atoms with Gasteiger partial charge in [-0.05, 0) is 55.9 Å². The SMILES string of the molecule is C[C@H](C(=O)N/N=C\c1ccc(Cl)c(Cl)c1)n1cnc2sc3c(c2c1=O)CCCC3. The minimum Gasteiger partial charge on any atom is -0.286 e. The molecule has 0 spiro atoms. The van der Waals surface area contributed by atoms with Gasteiger partial charge in [-0.15, -0.1) is 11.3 Å². The molecular formula is C20H18Cl2N4O2S. The van der Waals surface area contributed by atoms with Crippen molar-refractivity contribution < 1.29 is 4.79 Å². The van der Waals surface area contributed by atoms with E-state index in [0.29, 0.717) is 21.0 Å². The molecule has 150 valence electrons. The van der Waals surface area contributed by atoms with Crippen LogP contribution in [-0.2, 0) is 17.6 Å². The van der Waals surface area contributed by atoms with E-state index >= 15 is 0 Å². The lowest BCUT2D eigenvalue weighted by Crippen LogP contribution is -2.34. The number of hydrazone groups is 1. The minimum absolute atomic E-state index is 0.175. The first-order valence-corrected chi connectivity index (χ1v) is 10.8. The van der Waals surface area contributed by atoms with Crippen LogP contribution in [0.4, 0.5) is 0 Å². The van der Waals surface area contributed by atoms with Crippen LogP contribution >= 0.6 is 34.5 Å². The predicted octanol–water partition coefficient (Wildman–Crippen LogP) is 4.35. The van der Waals surface area contributed by atoms with Gasteiger partial charge in [-0.1, -0.05) is 29.3 Å². The first-order chi connectivity index (χ1) is 14.0. The topological polar surface area (TPSA) is 76.3 Å². The number of nitrogens with one attached hydrogen (secondary N) is 1. The molecule has 2 heterocycles. The molecule has 0 saturated carbocycles. The van der Waals surface area contributed by atoms with Crippen molar-refractivity contribution >= 4 is 56.9 Å². The summed E-state index contributed by atoms with van der Waals surface area (Å²) < 4.78 is 1.37. The number of benzene rings is 1. The number of fused-ring (bicyclic) bond motifs is 3. The number of thiophene rings is 1. The lowest BCUT2D eigenvalue weighted by Gasteiger charge is -2.14. The van der Waals surface area contributed by atoms with Gasteiger partial charge in [-0.2, -0.15) is 5.10 Å². The highest BCUT2D eigenvalue weighted by atomic mass is 35.5. The van der Waals surface area contributed by atoms with Crippen LogP contribution in [0.1, 0.15) is 41.8 Å². The maximum absolute atomic E-state index is 13.1. The fourth-order valence-corrected chi connectivity index (χ4v) is 4.94. The molecule has 2 aromatic heterocycles. The first kappa shape index (κ1) is 20.1. The second kappa shape index (κ2) is 8.26. The molecule has 0 unspecified atom stereocenters. The molecule has 1 aliphatic rings. The lowest BCUT2D eigenvalue weighted by atomic mass is 9.97. The van der Waals surface area contributed by atoms with E-state index in [2.05, 4.69) is 15.5 Å². The van der Waals surface area contributed by atoms with Gasteiger partial charge in [-0.25, -0.2) is 10.4 Å². The van der Waals surface area contributed by atoms with Crippen LogP contribution in [0.2, 0.25) is 10.0 Å². The summed E-state index contributed by atoms with van der Waals surface area (Å²) in [6.07, 6.45) is 7.02. The van der Waals surface area contributed by atoms with Gasteiger partial charge >= 0.3 is 0 Å². The van der Waals surface area contributed by atoms with Crippen LogP contribution in [0.5, 0.6) is 0 Å². The molecule has 0 bridgehead atoms. The Balaban J connectivity index is 1.55. The Morgan fingerprint density at radius 1 is 1.31 bits per heavy atom. The van der Waals surface area contributed by atoms with E-state index in [1.807, 2.05) is 0 Å². The Morgan fingerprint density at radius 2 is 2.10 bits per heavy atom. The molecule has 0 fully saturated rings. The summed E-state index contributed by atoms with van der Waals surface area (Å²) in [5, 5.41) is 5.46. The fourth-order valence-electron chi connectivity index (χ4n) is 3.42. The molecule has 4 rings (SSSR count). The zero-order valence-corrected chi connectivity index (χ0v) is 17.9. The van der Waals surface area contributed by atoms with Crippen LogP contribution in [0.15, 0.2) is 34.4 Å². The van der Waals surface area contributed by atoms with Crippen LogP contribution in [0.3, 0.4) is 0 Å². The van der Waals surface area contributed by atoms with Crippen LogP contribution in [-0.4, -0.2) is 21.7 Å². The zero-order chi connectivity index (χ0) is 20.5. The van der Waals surface area contributed by atoms with Crippen molar-refractivity contribution in [3.63, 3.8) is 0 Å². The average molecular weight is 449 g/mol. The van der Waals surface area contributed by atoms with E-state index in [4.69, 9.17) is 23.2 Å². The van der Waals surface area contributed by atoms with E-state index in [0.717, 1.165) is 36.1 Å². The number of nitrogens with zero attached hydrogens (tertiary/aromatic N) is 3. The Morgan fingerprint density at radius 3 is 2.90 bits per heavy atom. The number of hydrogen-bond acceptors (Lipinski definition) is 5. The van der Waals surface area contributed by atoms with E-state index in [1.165, 1.54) is 22.0 Å². The van der Waals surface area contributed by atoms with Gasteiger partial charge in [0.25, 0.3) is 11.5 Å². The highest BCUT2D eigenvalue weighted by Gasteiger charge is 2.23. The summed E-state index contributed by atoms with van der Waals surface area (Å²) >= 11 is 13.4. The highest BCUT2D eigenvalue weighted by molar-refractivity contribution is 7.18. The van der Waals surface area contributed by atoms with Gasteiger partial charge in [0, 0.05) is 4.88 Å². The number of carbonyl (C=O) groups is 1. The van der Waals surface area contributed by atoms with E-state index < -0.39 is 11.9 Å². The summed E-state index contributed by atoms with van der Waals surface area (Å²) in [4.78, 5) is 32.0. The van der Waals surface area contributed by atoms with Crippen molar-refractivity contribution in [3.8, 4) is 0 Å². The Kier molecular flexibility index (Phi) is 5.72. The largest absolute Gasteiger partial charge is 0.286 e. The summed E-state index contributed by atoms with van der Waals surface area (Å²) in [7, 11) is 0. The number of carbonyl (C=O) groups excluding carboxylic acids is 1. The highest BCUT2D eigenvalue weighted by Crippen LogP contribution is 2.33. The molecule has 1 amide bonds. The number of amides is 1. The van der Waals surface area contributed by atoms with Gasteiger partial charge in [-0.3, -0.25) is 14.2 Å². The molecule has 1 N–H and O–H groups in total. The normalized spacial score (nSPS) is 14.9. The van der Waals surface area contributed by atoms with Crippen molar-refractivity contribution in [1.82, 2.24) is 15.0 Å². The molecule has 9 heteroatoms. The summed E-state index contributed by atoms with van der Waals surface area (Å²) in [5.41, 5.74) is 4.09. The third-order valence-electron chi connectivity index (χ3n) is 5.03. The number of aryl methyl sites for hydroxylation is 2. The van der Waals surface area contributed by atoms with Gasteiger partial charge in [0.2, 0.25) is 0 Å². The van der Waals surface area contributed by atoms with Crippen molar-refractivity contribution in [3.05, 3.63) is 60.9 Å². The van der Waals surface area contributed by atoms with Gasteiger partial charge in [0.1, 0.15) is 10.9 Å². The second-order valence-corrected chi connectivity index (χ2v) is 8.83. The third-order valence-corrected chi connectivity index (χ3v) is 6.97. The third kappa shape index (κ3) is 3.95. The molecule has 0 saturated heterocycles. The Bertz CT molecular complexity index is 1190. The van der Waals surface area contributed by atoms with Crippen molar-refractivity contribution in [2.45, 2.75) is 38.6 Å². The Labute approximate surface area is 181 Å². The second-order valence-electron chi connectivity index (χ2n) is 6.93. The van der Waals surface area contributed by atoms with Crippen LogP contribution in [0.25, 0.3) is 10.2 Å². The maximum atomic E-state index is 13.1. The number of hydrogen-bond donors (Lipinski definition) is 1. The van der Waals surface area contributed by atoms with Gasteiger partial charge < -0.3 is 0 Å². The average Bonchev–Trinajstić information content (AvgIpc) is 3.10. The van der Waals surface area contributed by atoms with Gasteiger partial charge in [0.15, 0.2) is 0 Å². The van der Waals surface area contributed by atoms with E-state index in [1.54, 1.807) is 36.5 Å². The first-order valence-electron chi connectivity index (χ1n) is 9.25. The maximum Gasteiger partial charge on any atom is 0.263 e. The van der Waals surface area contributed by atoms with E-state index in [9.17, 15) is 9.59 Å². The molecule has 1 atom stereocenters. The molecule has 3 aromatic rings. The lowest BCUT2D eigenvalue weighted by molar-refractivity contribution is -0.123. The van der Waals surface area contributed by atoms with Crippen LogP contribution < -0.4 is 11.0 Å². The quantitative estimate of drug-likeness (QED) is 0.475. The predicted molar refractivity (Wildman–Crippen MR) is 117 cm³/mol. The number of halogens is 2. The molecule has 1 aliphatic carbocycles. The van der Waals surface area contributed by atoms with Crippen LogP contribution in [0, 0.1) is 0 Å². The number of rotatable bonds is 4. The molecule has 6 nitrogen and oxygen atoms in total. The summed E-state index contributed by atoms with van der Waals surface area (Å²) in [6, 6.07) is 4.28. The molecule has 0 aliphatic heterocycles. The van der Waals surface area contributed by atoms with Crippen molar-refractivity contribution in [1.29, 1.82) is 0 Å². The molecule has 0 radical (unpaired) electrons. The van der Waals surface area contributed by atoms with E-state index in [-0.39, 0.29) is 5.56 Å². The van der Waals surface area contributed by atoms with Gasteiger partial charge in [0.05, 0.1) is 28.0 Å². The smallest absolute Gasteiger partial charge is 0.263 e. The Hall–Kier alpha value is -2.22. The standard InChI is InChI=1S/C20H18Cl2N4O2S/c1-11(18(27)25-24-9-12-6-7-14(21)15(22)8-12)26-10-23-19-17(20(26)28)13-4-2-3-5-16(13)29-19/h6-11H,2-5H2,1H3,(H,25,27)/b24-9-/t11-/m1/s1. The van der Waals surface area contributed by atoms with Crippen molar-refractivity contribution in [2.75, 3.05) is 0 Å². The summed E-state index contributed by atoms with van der Waals surface area (Å²) in [6.45, 7) is 1.65. The number of aromatic nitrogens is 2. The molecular weight excluding hydrogens is 431 g/mol. The summed E-state index contributed by atoms with van der Waals surface area (Å²) in [5.74, 6) is -0.409. The molecule has 1 aromatic carbocycles. The zero-order valence-electron chi connectivity index (χ0n) is 15.6. The monoisotopic (exact) mass is 448 g/mol. The molecule has 29 heavy (non-hydrogen) atoms. The fraction of sp³-hybridized carbons (Fsp3) is 0.300. The minimum atomic E-state index is -0.746.